The smallest absolute Gasteiger partial charge is 0.257 e. The lowest BCUT2D eigenvalue weighted by atomic mass is 10.2. The van der Waals surface area contributed by atoms with Gasteiger partial charge in [0.15, 0.2) is 0 Å². The van der Waals surface area contributed by atoms with Crippen molar-refractivity contribution in [3.05, 3.63) is 64.9 Å². The normalized spacial score (nSPS) is 10.0. The van der Waals surface area contributed by atoms with Crippen LogP contribution in [0.25, 0.3) is 0 Å². The molecule has 0 saturated heterocycles. The number of hydrogen-bond donors (Lipinski definition) is 2. The fourth-order valence-electron chi connectivity index (χ4n) is 1.78. The van der Waals surface area contributed by atoms with Gasteiger partial charge in [-0.05, 0) is 36.8 Å². The van der Waals surface area contributed by atoms with Crippen LogP contribution in [0.4, 0.5) is 11.4 Å². The van der Waals surface area contributed by atoms with Crippen molar-refractivity contribution >= 4 is 33.2 Å². The first-order valence-corrected chi connectivity index (χ1v) is 7.27. The van der Waals surface area contributed by atoms with Crippen LogP contribution < -0.4 is 10.6 Å². The number of halogens is 1. The molecule has 0 bridgehead atoms. The zero-order chi connectivity index (χ0) is 15.2. The number of amides is 1. The third kappa shape index (κ3) is 4.16. The van der Waals surface area contributed by atoms with E-state index in [0.29, 0.717) is 12.1 Å². The topological polar surface area (TPSA) is 54.0 Å². The lowest BCUT2D eigenvalue weighted by molar-refractivity contribution is 0.102. The molecule has 2 rings (SSSR count). The highest BCUT2D eigenvalue weighted by atomic mass is 79.9. The standard InChI is InChI=1S/C16H16BrN3O/c1-3-6-19-14-8-12(9-18-10-14)16(21)20-13-4-5-15(17)11(2)7-13/h3-5,7-10,19H,1,6H2,2H3,(H,20,21). The highest BCUT2D eigenvalue weighted by Gasteiger charge is 2.08. The summed E-state index contributed by atoms with van der Waals surface area (Å²) in [5, 5.41) is 5.97. The number of rotatable bonds is 5. The van der Waals surface area contributed by atoms with Crippen molar-refractivity contribution in [1.82, 2.24) is 4.98 Å². The lowest BCUT2D eigenvalue weighted by Gasteiger charge is -2.08. The zero-order valence-corrected chi connectivity index (χ0v) is 13.3. The monoisotopic (exact) mass is 345 g/mol. The van der Waals surface area contributed by atoms with Crippen molar-refractivity contribution in [2.24, 2.45) is 0 Å². The van der Waals surface area contributed by atoms with E-state index in [1.54, 1.807) is 24.5 Å². The van der Waals surface area contributed by atoms with Crippen molar-refractivity contribution in [3.63, 3.8) is 0 Å². The van der Waals surface area contributed by atoms with Crippen LogP contribution in [-0.2, 0) is 0 Å². The van der Waals surface area contributed by atoms with Gasteiger partial charge in [0.25, 0.3) is 5.91 Å². The molecule has 1 aromatic carbocycles. The molecule has 1 amide bonds. The molecule has 0 saturated carbocycles. The third-order valence-electron chi connectivity index (χ3n) is 2.87. The summed E-state index contributed by atoms with van der Waals surface area (Å²) < 4.78 is 1.01. The molecular weight excluding hydrogens is 330 g/mol. The first-order chi connectivity index (χ1) is 10.1. The Labute approximate surface area is 132 Å². The Morgan fingerprint density at radius 1 is 1.33 bits per heavy atom. The second-order valence-electron chi connectivity index (χ2n) is 4.55. The number of nitrogens with one attached hydrogen (secondary N) is 2. The Balaban J connectivity index is 2.12. The summed E-state index contributed by atoms with van der Waals surface area (Å²) in [5.41, 5.74) is 3.11. The maximum Gasteiger partial charge on any atom is 0.257 e. The number of aromatic nitrogens is 1. The summed E-state index contributed by atoms with van der Waals surface area (Å²) in [7, 11) is 0. The SMILES string of the molecule is C=CCNc1cncc(C(=O)Nc2ccc(Br)c(C)c2)c1. The number of aryl methyl sites for hydroxylation is 1. The molecular formula is C16H16BrN3O. The van der Waals surface area contributed by atoms with E-state index in [1.807, 2.05) is 25.1 Å². The van der Waals surface area contributed by atoms with E-state index >= 15 is 0 Å². The summed E-state index contributed by atoms with van der Waals surface area (Å²) in [6, 6.07) is 7.43. The van der Waals surface area contributed by atoms with Gasteiger partial charge >= 0.3 is 0 Å². The molecule has 1 heterocycles. The van der Waals surface area contributed by atoms with Gasteiger partial charge in [-0.1, -0.05) is 22.0 Å². The Kier molecular flexibility index (Phi) is 5.11. The van der Waals surface area contributed by atoms with Gasteiger partial charge in [0.2, 0.25) is 0 Å². The molecule has 21 heavy (non-hydrogen) atoms. The molecule has 0 atom stereocenters. The van der Waals surface area contributed by atoms with E-state index in [4.69, 9.17) is 0 Å². The summed E-state index contributed by atoms with van der Waals surface area (Å²) >= 11 is 3.44. The van der Waals surface area contributed by atoms with Crippen LogP contribution in [0.1, 0.15) is 15.9 Å². The van der Waals surface area contributed by atoms with Crippen LogP contribution in [0.3, 0.4) is 0 Å². The predicted octanol–water partition coefficient (Wildman–Crippen LogP) is 4.00. The minimum atomic E-state index is -0.188. The van der Waals surface area contributed by atoms with Crippen LogP contribution in [0.15, 0.2) is 53.8 Å². The van der Waals surface area contributed by atoms with Gasteiger partial charge in [-0.2, -0.15) is 0 Å². The minimum Gasteiger partial charge on any atom is -0.380 e. The number of nitrogens with zero attached hydrogens (tertiary/aromatic N) is 1. The van der Waals surface area contributed by atoms with E-state index in [1.165, 1.54) is 0 Å². The molecule has 2 N–H and O–H groups in total. The summed E-state index contributed by atoms with van der Waals surface area (Å²) in [5.74, 6) is -0.188. The minimum absolute atomic E-state index is 0.188. The van der Waals surface area contributed by atoms with E-state index in [2.05, 4.69) is 38.1 Å². The van der Waals surface area contributed by atoms with Gasteiger partial charge in [0.05, 0.1) is 11.3 Å². The predicted molar refractivity (Wildman–Crippen MR) is 89.8 cm³/mol. The average molecular weight is 346 g/mol. The molecule has 108 valence electrons. The zero-order valence-electron chi connectivity index (χ0n) is 11.7. The number of pyridine rings is 1. The van der Waals surface area contributed by atoms with E-state index in [-0.39, 0.29) is 5.91 Å². The van der Waals surface area contributed by atoms with Crippen molar-refractivity contribution in [2.45, 2.75) is 6.92 Å². The van der Waals surface area contributed by atoms with E-state index in [0.717, 1.165) is 21.4 Å². The molecule has 0 aliphatic carbocycles. The van der Waals surface area contributed by atoms with Crippen LogP contribution in [0.2, 0.25) is 0 Å². The Morgan fingerprint density at radius 2 is 2.14 bits per heavy atom. The van der Waals surface area contributed by atoms with Crippen molar-refractivity contribution in [2.75, 3.05) is 17.2 Å². The van der Waals surface area contributed by atoms with Crippen molar-refractivity contribution in [1.29, 1.82) is 0 Å². The first kappa shape index (κ1) is 15.3. The summed E-state index contributed by atoms with van der Waals surface area (Å²) in [6.07, 6.45) is 4.96. The van der Waals surface area contributed by atoms with Crippen LogP contribution >= 0.6 is 15.9 Å². The van der Waals surface area contributed by atoms with Crippen molar-refractivity contribution in [3.8, 4) is 0 Å². The Hall–Kier alpha value is -2.14. The molecule has 5 heteroatoms. The Morgan fingerprint density at radius 3 is 2.86 bits per heavy atom. The molecule has 0 fully saturated rings. The van der Waals surface area contributed by atoms with Crippen LogP contribution in [0, 0.1) is 6.92 Å². The van der Waals surface area contributed by atoms with Gasteiger partial charge < -0.3 is 10.6 Å². The van der Waals surface area contributed by atoms with Crippen molar-refractivity contribution < 1.29 is 4.79 Å². The number of carbonyl (C=O) groups is 1. The molecule has 0 unspecified atom stereocenters. The van der Waals surface area contributed by atoms with Crippen LogP contribution in [-0.4, -0.2) is 17.4 Å². The number of benzene rings is 1. The maximum atomic E-state index is 12.2. The molecule has 0 radical (unpaired) electrons. The largest absolute Gasteiger partial charge is 0.380 e. The van der Waals surface area contributed by atoms with Gasteiger partial charge in [-0.15, -0.1) is 6.58 Å². The molecule has 0 spiro atoms. The third-order valence-corrected chi connectivity index (χ3v) is 3.76. The van der Waals surface area contributed by atoms with Gasteiger partial charge in [0.1, 0.15) is 0 Å². The average Bonchev–Trinajstić information content (AvgIpc) is 2.49. The molecule has 1 aromatic heterocycles. The summed E-state index contributed by atoms with van der Waals surface area (Å²) in [6.45, 7) is 6.24. The van der Waals surface area contributed by atoms with Crippen LogP contribution in [0.5, 0.6) is 0 Å². The Bertz CT molecular complexity index is 670. The first-order valence-electron chi connectivity index (χ1n) is 6.47. The van der Waals surface area contributed by atoms with Gasteiger partial charge in [0, 0.05) is 29.1 Å². The number of carbonyl (C=O) groups excluding carboxylic acids is 1. The molecule has 4 nitrogen and oxygen atoms in total. The second kappa shape index (κ2) is 7.04. The molecule has 2 aromatic rings. The highest BCUT2D eigenvalue weighted by Crippen LogP contribution is 2.20. The maximum absolute atomic E-state index is 12.2. The fourth-order valence-corrected chi connectivity index (χ4v) is 2.02. The van der Waals surface area contributed by atoms with E-state index < -0.39 is 0 Å². The second-order valence-corrected chi connectivity index (χ2v) is 5.40. The highest BCUT2D eigenvalue weighted by molar-refractivity contribution is 9.10. The molecule has 0 aliphatic rings. The lowest BCUT2D eigenvalue weighted by Crippen LogP contribution is -2.13. The fraction of sp³-hybridized carbons (Fsp3) is 0.125. The quantitative estimate of drug-likeness (QED) is 0.805. The number of anilines is 2. The number of hydrogen-bond acceptors (Lipinski definition) is 3. The summed E-state index contributed by atoms with van der Waals surface area (Å²) in [4.78, 5) is 16.3. The van der Waals surface area contributed by atoms with E-state index in [9.17, 15) is 4.79 Å². The molecule has 0 aliphatic heterocycles. The van der Waals surface area contributed by atoms with Gasteiger partial charge in [-0.3, -0.25) is 9.78 Å². The van der Waals surface area contributed by atoms with Gasteiger partial charge in [-0.25, -0.2) is 0 Å².